The Morgan fingerprint density at radius 1 is 1.26 bits per heavy atom. The molecule has 0 aliphatic heterocycles. The first-order valence-corrected chi connectivity index (χ1v) is 7.58. The second-order valence-corrected chi connectivity index (χ2v) is 5.81. The number of hydrogen-bond donors (Lipinski definition) is 2. The van der Waals surface area contributed by atoms with Crippen LogP contribution in [-0.2, 0) is 11.3 Å². The van der Waals surface area contributed by atoms with Crippen LogP contribution in [0.1, 0.15) is 24.4 Å². The van der Waals surface area contributed by atoms with Gasteiger partial charge in [0.25, 0.3) is 5.56 Å². The van der Waals surface area contributed by atoms with Gasteiger partial charge in [0.15, 0.2) is 5.65 Å². The highest BCUT2D eigenvalue weighted by molar-refractivity contribution is 5.84. The van der Waals surface area contributed by atoms with Crippen LogP contribution < -0.4 is 11.3 Å². The van der Waals surface area contributed by atoms with E-state index in [4.69, 9.17) is 10.5 Å². The molecule has 0 spiro atoms. The minimum Gasteiger partial charge on any atom is -0.383 e. The van der Waals surface area contributed by atoms with Crippen LogP contribution in [0.4, 0.5) is 5.82 Å². The lowest BCUT2D eigenvalue weighted by Gasteiger charge is -2.35. The maximum atomic E-state index is 12.0. The molecule has 1 fully saturated rings. The van der Waals surface area contributed by atoms with E-state index >= 15 is 0 Å². The Kier molecular flexibility index (Phi) is 3.34. The van der Waals surface area contributed by atoms with Crippen LogP contribution in [0.2, 0.25) is 0 Å². The first-order valence-electron chi connectivity index (χ1n) is 7.58. The molecule has 2 aromatic heterocycles. The summed E-state index contributed by atoms with van der Waals surface area (Å²) in [6, 6.07) is 10.3. The second kappa shape index (κ2) is 5.51. The third-order valence-corrected chi connectivity index (χ3v) is 4.30. The summed E-state index contributed by atoms with van der Waals surface area (Å²) in [7, 11) is 0. The lowest BCUT2D eigenvalue weighted by Crippen LogP contribution is -2.34. The van der Waals surface area contributed by atoms with Gasteiger partial charge in [-0.2, -0.15) is 0 Å². The monoisotopic (exact) mass is 311 g/mol. The molecule has 0 unspecified atom stereocenters. The van der Waals surface area contributed by atoms with Crippen LogP contribution in [0.5, 0.6) is 0 Å². The van der Waals surface area contributed by atoms with E-state index < -0.39 is 0 Å². The van der Waals surface area contributed by atoms with Crippen molar-refractivity contribution in [3.05, 3.63) is 52.6 Å². The average molecular weight is 311 g/mol. The van der Waals surface area contributed by atoms with E-state index in [1.165, 1.54) is 6.33 Å². The molecule has 1 aliphatic rings. The van der Waals surface area contributed by atoms with E-state index in [0.29, 0.717) is 17.6 Å². The Labute approximate surface area is 132 Å². The van der Waals surface area contributed by atoms with Crippen molar-refractivity contribution in [2.24, 2.45) is 0 Å². The molecule has 0 atom stereocenters. The molecular formula is C16H17N5O2. The molecule has 0 saturated heterocycles. The molecule has 4 rings (SSSR count). The maximum Gasteiger partial charge on any atom is 0.277 e. The molecule has 0 radical (unpaired) electrons. The van der Waals surface area contributed by atoms with Crippen molar-refractivity contribution in [2.45, 2.75) is 31.6 Å². The van der Waals surface area contributed by atoms with E-state index in [9.17, 15) is 4.79 Å². The summed E-state index contributed by atoms with van der Waals surface area (Å²) >= 11 is 0. The molecule has 23 heavy (non-hydrogen) atoms. The number of rotatable bonds is 4. The fourth-order valence-electron chi connectivity index (χ4n) is 2.95. The highest BCUT2D eigenvalue weighted by Gasteiger charge is 2.33. The van der Waals surface area contributed by atoms with Crippen LogP contribution in [-0.4, -0.2) is 25.9 Å². The summed E-state index contributed by atoms with van der Waals surface area (Å²) in [5.74, 6) is 0.214. The van der Waals surface area contributed by atoms with Gasteiger partial charge < -0.3 is 10.5 Å². The predicted molar refractivity (Wildman–Crippen MR) is 85.9 cm³/mol. The summed E-state index contributed by atoms with van der Waals surface area (Å²) in [6.07, 6.45) is 3.26. The van der Waals surface area contributed by atoms with E-state index in [1.807, 2.05) is 30.3 Å². The van der Waals surface area contributed by atoms with Gasteiger partial charge in [0.05, 0.1) is 18.8 Å². The first kappa shape index (κ1) is 14.0. The SMILES string of the molecule is Nc1ncnc2c1c(=O)[nH]n2C1CC(OCc2ccccc2)C1. The molecule has 7 nitrogen and oxygen atoms in total. The Hall–Kier alpha value is -2.67. The second-order valence-electron chi connectivity index (χ2n) is 5.81. The van der Waals surface area contributed by atoms with Gasteiger partial charge in [-0.3, -0.25) is 14.6 Å². The molecule has 1 aliphatic carbocycles. The summed E-state index contributed by atoms with van der Waals surface area (Å²) in [6.45, 7) is 0.607. The minimum absolute atomic E-state index is 0.176. The van der Waals surface area contributed by atoms with Gasteiger partial charge in [0.1, 0.15) is 17.5 Å². The number of fused-ring (bicyclic) bond motifs is 1. The Bertz CT molecular complexity index is 880. The highest BCUT2D eigenvalue weighted by Crippen LogP contribution is 2.35. The molecule has 1 saturated carbocycles. The van der Waals surface area contributed by atoms with Crippen LogP contribution in [0, 0.1) is 0 Å². The lowest BCUT2D eigenvalue weighted by molar-refractivity contribution is -0.0375. The number of ether oxygens (including phenoxy) is 1. The zero-order chi connectivity index (χ0) is 15.8. The number of H-pyrrole nitrogens is 1. The molecule has 0 amide bonds. The zero-order valence-corrected chi connectivity index (χ0v) is 12.5. The maximum absolute atomic E-state index is 12.0. The summed E-state index contributed by atoms with van der Waals surface area (Å²) in [5.41, 5.74) is 7.24. The Morgan fingerprint density at radius 3 is 2.83 bits per heavy atom. The van der Waals surface area contributed by atoms with Crippen LogP contribution >= 0.6 is 0 Å². The number of nitrogens with zero attached hydrogens (tertiary/aromatic N) is 3. The van der Waals surface area contributed by atoms with Crippen molar-refractivity contribution in [1.29, 1.82) is 0 Å². The Morgan fingerprint density at radius 2 is 2.04 bits per heavy atom. The molecule has 7 heteroatoms. The van der Waals surface area contributed by atoms with Crippen molar-refractivity contribution in [1.82, 2.24) is 19.7 Å². The van der Waals surface area contributed by atoms with Crippen molar-refractivity contribution < 1.29 is 4.74 Å². The summed E-state index contributed by atoms with van der Waals surface area (Å²) < 4.78 is 7.69. The molecule has 3 N–H and O–H groups in total. The van der Waals surface area contributed by atoms with Gasteiger partial charge in [-0.15, -0.1) is 0 Å². The van der Waals surface area contributed by atoms with Crippen LogP contribution in [0.25, 0.3) is 11.0 Å². The van der Waals surface area contributed by atoms with Gasteiger partial charge in [0.2, 0.25) is 0 Å². The largest absolute Gasteiger partial charge is 0.383 e. The van der Waals surface area contributed by atoms with E-state index in [2.05, 4.69) is 15.1 Å². The number of nitrogens with one attached hydrogen (secondary N) is 1. The van der Waals surface area contributed by atoms with Crippen LogP contribution in [0.3, 0.4) is 0 Å². The van der Waals surface area contributed by atoms with Gasteiger partial charge in [0, 0.05) is 0 Å². The summed E-state index contributed by atoms with van der Waals surface area (Å²) in [5, 5.41) is 3.17. The minimum atomic E-state index is -0.244. The van der Waals surface area contributed by atoms with Crippen molar-refractivity contribution in [2.75, 3.05) is 5.73 Å². The quantitative estimate of drug-likeness (QED) is 0.763. The van der Waals surface area contributed by atoms with E-state index in [1.54, 1.807) is 4.68 Å². The molecule has 3 aromatic rings. The molecule has 1 aromatic carbocycles. The molecule has 118 valence electrons. The highest BCUT2D eigenvalue weighted by atomic mass is 16.5. The van der Waals surface area contributed by atoms with Gasteiger partial charge in [-0.25, -0.2) is 9.97 Å². The van der Waals surface area contributed by atoms with Crippen molar-refractivity contribution in [3.8, 4) is 0 Å². The lowest BCUT2D eigenvalue weighted by atomic mass is 9.89. The number of nitrogens with two attached hydrogens (primary N) is 1. The third kappa shape index (κ3) is 2.49. The fraction of sp³-hybridized carbons (Fsp3) is 0.312. The third-order valence-electron chi connectivity index (χ3n) is 4.30. The fourth-order valence-corrected chi connectivity index (χ4v) is 2.95. The first-order chi connectivity index (χ1) is 11.2. The molecular weight excluding hydrogens is 294 g/mol. The average Bonchev–Trinajstić information content (AvgIpc) is 2.85. The van der Waals surface area contributed by atoms with Gasteiger partial charge >= 0.3 is 0 Å². The van der Waals surface area contributed by atoms with Crippen molar-refractivity contribution >= 4 is 16.9 Å². The van der Waals surface area contributed by atoms with Crippen LogP contribution in [0.15, 0.2) is 41.5 Å². The molecule has 2 heterocycles. The zero-order valence-electron chi connectivity index (χ0n) is 12.5. The predicted octanol–water partition coefficient (Wildman–Crippen LogP) is 1.62. The standard InChI is InChI=1S/C16H17N5O2/c17-14-13-15(19-9-18-14)21(20-16(13)22)11-6-12(7-11)23-8-10-4-2-1-3-5-10/h1-5,9,11-12H,6-8H2,(H,20,22)(H2,17,18,19). The normalized spacial score (nSPS) is 20.5. The van der Waals surface area contributed by atoms with Gasteiger partial charge in [-0.05, 0) is 18.4 Å². The summed E-state index contributed by atoms with van der Waals surface area (Å²) in [4.78, 5) is 20.0. The number of aromatic amines is 1. The number of hydrogen-bond acceptors (Lipinski definition) is 5. The van der Waals surface area contributed by atoms with Crippen molar-refractivity contribution in [3.63, 3.8) is 0 Å². The van der Waals surface area contributed by atoms with E-state index in [-0.39, 0.29) is 23.5 Å². The smallest absolute Gasteiger partial charge is 0.277 e. The number of benzene rings is 1. The number of anilines is 1. The van der Waals surface area contributed by atoms with E-state index in [0.717, 1.165) is 18.4 Å². The number of nitrogen functional groups attached to an aromatic ring is 1. The van der Waals surface area contributed by atoms with Gasteiger partial charge in [-0.1, -0.05) is 30.3 Å². The molecule has 0 bridgehead atoms. The Balaban J connectivity index is 1.44. The topological polar surface area (TPSA) is 98.8 Å². The number of aromatic nitrogens is 4.